The fraction of sp³-hybridized carbons (Fsp3) is 0.923. The second-order valence-corrected chi connectivity index (χ2v) is 7.80. The number of hydrogen-bond donors (Lipinski definition) is 3. The molecule has 1 saturated carbocycles. The molecular weight excluding hydrogens is 276 g/mol. The maximum absolute atomic E-state index is 11.3. The van der Waals surface area contributed by atoms with Crippen LogP contribution in [-0.4, -0.2) is 39.8 Å². The van der Waals surface area contributed by atoms with Gasteiger partial charge in [0, 0.05) is 19.1 Å². The molecule has 0 aromatic rings. The zero-order chi connectivity index (χ0) is 15.2. The van der Waals surface area contributed by atoms with Crippen molar-refractivity contribution < 1.29 is 8.42 Å². The van der Waals surface area contributed by atoms with Gasteiger partial charge in [-0.2, -0.15) is 0 Å². The quantitative estimate of drug-likeness (QED) is 0.475. The van der Waals surface area contributed by atoms with Gasteiger partial charge in [0.25, 0.3) is 0 Å². The zero-order valence-electron chi connectivity index (χ0n) is 12.7. The van der Waals surface area contributed by atoms with Crippen LogP contribution in [0, 0.1) is 11.8 Å². The molecule has 20 heavy (non-hydrogen) atoms. The van der Waals surface area contributed by atoms with Crippen LogP contribution >= 0.6 is 0 Å². The molecule has 0 aromatic heterocycles. The summed E-state index contributed by atoms with van der Waals surface area (Å²) in [7, 11) is -3.15. The zero-order valence-corrected chi connectivity index (χ0v) is 13.5. The smallest absolute Gasteiger partial charge is 0.208 e. The number of nitrogens with zero attached hydrogens (tertiary/aromatic N) is 1. The third kappa shape index (κ3) is 7.09. The van der Waals surface area contributed by atoms with E-state index < -0.39 is 10.0 Å². The molecule has 1 aliphatic rings. The van der Waals surface area contributed by atoms with E-state index >= 15 is 0 Å². The van der Waals surface area contributed by atoms with Gasteiger partial charge >= 0.3 is 0 Å². The Morgan fingerprint density at radius 3 is 2.70 bits per heavy atom. The third-order valence-corrected chi connectivity index (χ3v) is 4.28. The summed E-state index contributed by atoms with van der Waals surface area (Å²) in [5.41, 5.74) is 5.81. The summed E-state index contributed by atoms with van der Waals surface area (Å²) in [6.07, 6.45) is 5.17. The van der Waals surface area contributed by atoms with Crippen molar-refractivity contribution in [1.82, 2.24) is 10.0 Å². The molecule has 6 nitrogen and oxygen atoms in total. The maximum atomic E-state index is 11.3. The lowest BCUT2D eigenvalue weighted by Crippen LogP contribution is -2.38. The minimum atomic E-state index is -3.15. The molecule has 0 heterocycles. The first kappa shape index (κ1) is 17.2. The van der Waals surface area contributed by atoms with Gasteiger partial charge in [0.2, 0.25) is 10.0 Å². The Bertz CT molecular complexity index is 420. The molecule has 0 aliphatic heterocycles. The van der Waals surface area contributed by atoms with Crippen molar-refractivity contribution >= 4 is 16.0 Å². The fourth-order valence-corrected chi connectivity index (χ4v) is 3.31. The Balaban J connectivity index is 2.38. The highest BCUT2D eigenvalue weighted by Gasteiger charge is 2.29. The van der Waals surface area contributed by atoms with Gasteiger partial charge in [-0.05, 0) is 31.1 Å². The standard InChI is InChI=1S/C13H28N4O2S/c1-10(2)7-8-15-13(14)16-9-11-5-4-6-12(11)17-20(3,18)19/h10-12,17H,4-9H2,1-3H3,(H3,14,15,16). The fourth-order valence-electron chi connectivity index (χ4n) is 2.45. The Hall–Kier alpha value is -0.820. The molecule has 0 amide bonds. The van der Waals surface area contributed by atoms with Crippen molar-refractivity contribution in [2.45, 2.75) is 45.6 Å². The number of rotatable bonds is 7. The SMILES string of the molecule is CC(C)CCNC(N)=NCC1CCCC1NS(C)(=O)=O. The molecule has 0 radical (unpaired) electrons. The van der Waals surface area contributed by atoms with Gasteiger partial charge in [-0.1, -0.05) is 20.3 Å². The van der Waals surface area contributed by atoms with Crippen LogP contribution in [-0.2, 0) is 10.0 Å². The molecule has 7 heteroatoms. The van der Waals surface area contributed by atoms with E-state index in [0.29, 0.717) is 18.4 Å². The van der Waals surface area contributed by atoms with Crippen molar-refractivity contribution in [2.75, 3.05) is 19.3 Å². The molecule has 0 bridgehead atoms. The molecule has 1 fully saturated rings. The molecule has 118 valence electrons. The first-order valence-corrected chi connectivity index (χ1v) is 9.18. The number of hydrogen-bond acceptors (Lipinski definition) is 3. The van der Waals surface area contributed by atoms with Gasteiger partial charge in [0.05, 0.1) is 6.26 Å². The Labute approximate surface area is 122 Å². The van der Waals surface area contributed by atoms with Crippen LogP contribution in [0.4, 0.5) is 0 Å². The van der Waals surface area contributed by atoms with Crippen molar-refractivity contribution in [3.63, 3.8) is 0 Å². The number of nitrogens with two attached hydrogens (primary N) is 1. The molecule has 1 rings (SSSR count). The summed E-state index contributed by atoms with van der Waals surface area (Å²) in [6.45, 7) is 5.72. The Morgan fingerprint density at radius 2 is 2.10 bits per heavy atom. The lowest BCUT2D eigenvalue weighted by molar-refractivity contribution is 0.454. The summed E-state index contributed by atoms with van der Waals surface area (Å²) in [5.74, 6) is 1.33. The average Bonchev–Trinajstić information content (AvgIpc) is 2.71. The monoisotopic (exact) mass is 304 g/mol. The normalized spacial score (nSPS) is 24.3. The summed E-state index contributed by atoms with van der Waals surface area (Å²) >= 11 is 0. The summed E-state index contributed by atoms with van der Waals surface area (Å²) < 4.78 is 25.3. The van der Waals surface area contributed by atoms with Crippen molar-refractivity contribution in [3.8, 4) is 0 Å². The van der Waals surface area contributed by atoms with Gasteiger partial charge < -0.3 is 11.1 Å². The van der Waals surface area contributed by atoms with Crippen molar-refractivity contribution in [3.05, 3.63) is 0 Å². The van der Waals surface area contributed by atoms with E-state index in [9.17, 15) is 8.42 Å². The van der Waals surface area contributed by atoms with Crippen LogP contribution in [0.1, 0.15) is 39.5 Å². The molecule has 2 atom stereocenters. The van der Waals surface area contributed by atoms with E-state index in [1.54, 1.807) is 0 Å². The van der Waals surface area contributed by atoms with Gasteiger partial charge in [-0.25, -0.2) is 13.1 Å². The highest BCUT2D eigenvalue weighted by Crippen LogP contribution is 2.26. The van der Waals surface area contributed by atoms with Gasteiger partial charge in [0.1, 0.15) is 0 Å². The number of sulfonamides is 1. The van der Waals surface area contributed by atoms with Crippen LogP contribution in [0.15, 0.2) is 4.99 Å². The minimum absolute atomic E-state index is 0.00258. The molecule has 0 saturated heterocycles. The van der Waals surface area contributed by atoms with Gasteiger partial charge in [-0.15, -0.1) is 0 Å². The van der Waals surface area contributed by atoms with Crippen LogP contribution in [0.5, 0.6) is 0 Å². The molecule has 4 N–H and O–H groups in total. The van der Waals surface area contributed by atoms with Crippen LogP contribution < -0.4 is 15.8 Å². The largest absolute Gasteiger partial charge is 0.370 e. The lowest BCUT2D eigenvalue weighted by atomic mass is 10.1. The molecule has 0 aromatic carbocycles. The van der Waals surface area contributed by atoms with Crippen LogP contribution in [0.25, 0.3) is 0 Å². The number of guanidine groups is 1. The average molecular weight is 304 g/mol. The topological polar surface area (TPSA) is 96.6 Å². The molecule has 2 unspecified atom stereocenters. The van der Waals surface area contributed by atoms with E-state index in [0.717, 1.165) is 32.2 Å². The van der Waals surface area contributed by atoms with Crippen molar-refractivity contribution in [2.24, 2.45) is 22.6 Å². The summed E-state index contributed by atoms with van der Waals surface area (Å²) in [4.78, 5) is 4.33. The van der Waals surface area contributed by atoms with E-state index in [-0.39, 0.29) is 12.0 Å². The highest BCUT2D eigenvalue weighted by molar-refractivity contribution is 7.88. The first-order chi connectivity index (χ1) is 9.28. The van der Waals surface area contributed by atoms with E-state index in [2.05, 4.69) is 28.9 Å². The first-order valence-electron chi connectivity index (χ1n) is 7.29. The second kappa shape index (κ2) is 7.83. The second-order valence-electron chi connectivity index (χ2n) is 6.02. The number of aliphatic imine (C=N–C) groups is 1. The Kier molecular flexibility index (Phi) is 6.75. The molecule has 0 spiro atoms. The summed E-state index contributed by atoms with van der Waals surface area (Å²) in [5, 5.41) is 3.09. The van der Waals surface area contributed by atoms with Gasteiger partial charge in [0.15, 0.2) is 5.96 Å². The van der Waals surface area contributed by atoms with Crippen LogP contribution in [0.2, 0.25) is 0 Å². The Morgan fingerprint density at radius 1 is 1.40 bits per heavy atom. The predicted molar refractivity (Wildman–Crippen MR) is 83.1 cm³/mol. The van der Waals surface area contributed by atoms with E-state index in [4.69, 9.17) is 5.73 Å². The molecular formula is C13H28N4O2S. The molecule has 1 aliphatic carbocycles. The summed E-state index contributed by atoms with van der Waals surface area (Å²) in [6, 6.07) is -0.00258. The minimum Gasteiger partial charge on any atom is -0.370 e. The lowest BCUT2D eigenvalue weighted by Gasteiger charge is -2.18. The number of nitrogens with one attached hydrogen (secondary N) is 2. The van der Waals surface area contributed by atoms with E-state index in [1.165, 1.54) is 6.26 Å². The highest BCUT2D eigenvalue weighted by atomic mass is 32.2. The third-order valence-electron chi connectivity index (χ3n) is 3.55. The van der Waals surface area contributed by atoms with Crippen LogP contribution in [0.3, 0.4) is 0 Å². The van der Waals surface area contributed by atoms with E-state index in [1.807, 2.05) is 0 Å². The van der Waals surface area contributed by atoms with Gasteiger partial charge in [-0.3, -0.25) is 4.99 Å². The predicted octanol–water partition coefficient (Wildman–Crippen LogP) is 0.655. The maximum Gasteiger partial charge on any atom is 0.208 e. The van der Waals surface area contributed by atoms with Crippen molar-refractivity contribution in [1.29, 1.82) is 0 Å².